The average Bonchev–Trinajstić information content (AvgIpc) is 2.29. The largest absolute Gasteiger partial charge is 0.411 e. The van der Waals surface area contributed by atoms with Crippen LogP contribution in [-0.4, -0.2) is 25.3 Å². The van der Waals surface area contributed by atoms with Crippen LogP contribution in [0.25, 0.3) is 0 Å². The molecule has 0 spiro atoms. The molecule has 0 bridgehead atoms. The van der Waals surface area contributed by atoms with Crippen LogP contribution in [0, 0.1) is 12.7 Å². The standard InChI is InChI=1S/C12H13F4NO2/c1-8-4-9(2-3-10(8)13)5-17-11(18)6-19-7-12(14,15)16/h2-4H,5-7H2,1H3,(H,17,18). The fourth-order valence-corrected chi connectivity index (χ4v) is 1.33. The number of nitrogens with one attached hydrogen (secondary N) is 1. The highest BCUT2D eigenvalue weighted by atomic mass is 19.4. The van der Waals surface area contributed by atoms with E-state index in [1.165, 1.54) is 12.1 Å². The molecule has 0 aliphatic carbocycles. The number of aryl methyl sites for hydroxylation is 1. The first-order valence-corrected chi connectivity index (χ1v) is 5.44. The second kappa shape index (κ2) is 6.51. The summed E-state index contributed by atoms with van der Waals surface area (Å²) in [6.07, 6.45) is -4.45. The number of benzene rings is 1. The first-order chi connectivity index (χ1) is 8.78. The van der Waals surface area contributed by atoms with Gasteiger partial charge < -0.3 is 10.1 Å². The van der Waals surface area contributed by atoms with Gasteiger partial charge in [0.15, 0.2) is 0 Å². The molecule has 0 unspecified atom stereocenters. The van der Waals surface area contributed by atoms with Crippen molar-refractivity contribution < 1.29 is 27.1 Å². The second-order valence-corrected chi connectivity index (χ2v) is 3.97. The Hall–Kier alpha value is -1.63. The lowest BCUT2D eigenvalue weighted by atomic mass is 10.1. The van der Waals surface area contributed by atoms with E-state index in [0.29, 0.717) is 11.1 Å². The summed E-state index contributed by atoms with van der Waals surface area (Å²) >= 11 is 0. The maximum Gasteiger partial charge on any atom is 0.411 e. The molecule has 0 aliphatic heterocycles. The van der Waals surface area contributed by atoms with Gasteiger partial charge in [0.1, 0.15) is 19.0 Å². The minimum absolute atomic E-state index is 0.106. The highest BCUT2D eigenvalue weighted by molar-refractivity contribution is 5.77. The van der Waals surface area contributed by atoms with Crippen molar-refractivity contribution in [1.29, 1.82) is 0 Å². The van der Waals surface area contributed by atoms with Gasteiger partial charge in [-0.15, -0.1) is 0 Å². The SMILES string of the molecule is Cc1cc(CNC(=O)COCC(F)(F)F)ccc1F. The molecule has 1 rings (SSSR count). The minimum Gasteiger partial charge on any atom is -0.362 e. The monoisotopic (exact) mass is 279 g/mol. The smallest absolute Gasteiger partial charge is 0.362 e. The number of carbonyl (C=O) groups excluding carboxylic acids is 1. The lowest BCUT2D eigenvalue weighted by Crippen LogP contribution is -2.29. The van der Waals surface area contributed by atoms with E-state index in [1.54, 1.807) is 13.0 Å². The predicted molar refractivity (Wildman–Crippen MR) is 59.9 cm³/mol. The van der Waals surface area contributed by atoms with E-state index in [9.17, 15) is 22.4 Å². The number of rotatable bonds is 5. The molecule has 0 aromatic heterocycles. The molecule has 1 amide bonds. The van der Waals surface area contributed by atoms with Crippen molar-refractivity contribution in [3.8, 4) is 0 Å². The molecule has 7 heteroatoms. The molecule has 1 aromatic carbocycles. The number of ether oxygens (including phenoxy) is 1. The van der Waals surface area contributed by atoms with E-state index in [-0.39, 0.29) is 12.4 Å². The molecule has 0 fully saturated rings. The zero-order valence-corrected chi connectivity index (χ0v) is 10.2. The second-order valence-electron chi connectivity index (χ2n) is 3.97. The van der Waals surface area contributed by atoms with E-state index in [2.05, 4.69) is 10.1 Å². The van der Waals surface area contributed by atoms with Crippen molar-refractivity contribution >= 4 is 5.91 Å². The normalized spacial score (nSPS) is 11.4. The topological polar surface area (TPSA) is 38.3 Å². The Morgan fingerprint density at radius 2 is 2.05 bits per heavy atom. The quantitative estimate of drug-likeness (QED) is 0.840. The van der Waals surface area contributed by atoms with E-state index >= 15 is 0 Å². The van der Waals surface area contributed by atoms with Gasteiger partial charge in [0.2, 0.25) is 5.91 Å². The summed E-state index contributed by atoms with van der Waals surface area (Å²) in [5, 5.41) is 2.38. The molecule has 0 saturated heterocycles. The number of alkyl halides is 3. The summed E-state index contributed by atoms with van der Waals surface area (Å²) in [7, 11) is 0. The Morgan fingerprint density at radius 1 is 1.37 bits per heavy atom. The van der Waals surface area contributed by atoms with E-state index in [0.717, 1.165) is 0 Å². The molecule has 0 radical (unpaired) electrons. The number of amides is 1. The van der Waals surface area contributed by atoms with Crippen molar-refractivity contribution in [3.63, 3.8) is 0 Å². The van der Waals surface area contributed by atoms with Crippen molar-refractivity contribution in [3.05, 3.63) is 35.1 Å². The number of halogens is 4. The Kier molecular flexibility index (Phi) is 5.29. The molecule has 0 saturated carbocycles. The molecule has 1 aromatic rings. The van der Waals surface area contributed by atoms with Gasteiger partial charge in [0.25, 0.3) is 0 Å². The van der Waals surface area contributed by atoms with Crippen molar-refractivity contribution in [1.82, 2.24) is 5.32 Å². The van der Waals surface area contributed by atoms with Crippen LogP contribution in [0.4, 0.5) is 17.6 Å². The third-order valence-electron chi connectivity index (χ3n) is 2.21. The molecule has 0 heterocycles. The van der Waals surface area contributed by atoms with E-state index < -0.39 is 25.3 Å². The van der Waals surface area contributed by atoms with Gasteiger partial charge in [-0.25, -0.2) is 4.39 Å². The Bertz CT molecular complexity index is 446. The van der Waals surface area contributed by atoms with Crippen molar-refractivity contribution in [2.24, 2.45) is 0 Å². The summed E-state index contributed by atoms with van der Waals surface area (Å²) in [6, 6.07) is 4.29. The third kappa shape index (κ3) is 6.19. The van der Waals surface area contributed by atoms with E-state index in [4.69, 9.17) is 0 Å². The van der Waals surface area contributed by atoms with Gasteiger partial charge in [-0.2, -0.15) is 13.2 Å². The van der Waals surface area contributed by atoms with Crippen molar-refractivity contribution in [2.45, 2.75) is 19.6 Å². The number of carbonyl (C=O) groups is 1. The van der Waals surface area contributed by atoms with Gasteiger partial charge in [0, 0.05) is 6.54 Å². The molecule has 0 atom stereocenters. The fourth-order valence-electron chi connectivity index (χ4n) is 1.33. The number of hydrogen-bond acceptors (Lipinski definition) is 2. The van der Waals surface area contributed by atoms with Crippen LogP contribution in [0.3, 0.4) is 0 Å². The number of hydrogen-bond donors (Lipinski definition) is 1. The predicted octanol–water partition coefficient (Wildman–Crippen LogP) is 2.33. The fraction of sp³-hybridized carbons (Fsp3) is 0.417. The lowest BCUT2D eigenvalue weighted by molar-refractivity contribution is -0.175. The Labute approximate surface area is 107 Å². The highest BCUT2D eigenvalue weighted by Gasteiger charge is 2.27. The Balaban J connectivity index is 2.32. The van der Waals surface area contributed by atoms with E-state index in [1.807, 2.05) is 0 Å². The third-order valence-corrected chi connectivity index (χ3v) is 2.21. The molecular formula is C12H13F4NO2. The maximum absolute atomic E-state index is 13.0. The van der Waals surface area contributed by atoms with Gasteiger partial charge in [-0.05, 0) is 24.1 Å². The first-order valence-electron chi connectivity index (χ1n) is 5.44. The summed E-state index contributed by atoms with van der Waals surface area (Å²) in [5.74, 6) is -1.02. The molecule has 3 nitrogen and oxygen atoms in total. The summed E-state index contributed by atoms with van der Waals surface area (Å²) in [5.41, 5.74) is 1.09. The summed E-state index contributed by atoms with van der Waals surface area (Å²) in [4.78, 5) is 11.2. The van der Waals surface area contributed by atoms with Crippen molar-refractivity contribution in [2.75, 3.05) is 13.2 Å². The van der Waals surface area contributed by atoms with Crippen LogP contribution in [0.5, 0.6) is 0 Å². The lowest BCUT2D eigenvalue weighted by Gasteiger charge is -2.09. The summed E-state index contributed by atoms with van der Waals surface area (Å²) < 4.78 is 52.4. The molecule has 0 aliphatic rings. The zero-order valence-electron chi connectivity index (χ0n) is 10.2. The van der Waals surface area contributed by atoms with Gasteiger partial charge in [-0.1, -0.05) is 12.1 Å². The van der Waals surface area contributed by atoms with Crippen LogP contribution in [0.2, 0.25) is 0 Å². The highest BCUT2D eigenvalue weighted by Crippen LogP contribution is 2.14. The Morgan fingerprint density at radius 3 is 2.63 bits per heavy atom. The van der Waals surface area contributed by atoms with Crippen LogP contribution in [-0.2, 0) is 16.1 Å². The van der Waals surface area contributed by atoms with Crippen LogP contribution in [0.15, 0.2) is 18.2 Å². The molecule has 1 N–H and O–H groups in total. The molecule has 106 valence electrons. The van der Waals surface area contributed by atoms with Gasteiger partial charge in [0.05, 0.1) is 0 Å². The molecule has 19 heavy (non-hydrogen) atoms. The zero-order chi connectivity index (χ0) is 14.5. The van der Waals surface area contributed by atoms with Crippen LogP contribution >= 0.6 is 0 Å². The van der Waals surface area contributed by atoms with Crippen LogP contribution in [0.1, 0.15) is 11.1 Å². The summed E-state index contributed by atoms with van der Waals surface area (Å²) in [6.45, 7) is -0.446. The van der Waals surface area contributed by atoms with Gasteiger partial charge in [-0.3, -0.25) is 4.79 Å². The molecular weight excluding hydrogens is 266 g/mol. The minimum atomic E-state index is -4.45. The van der Waals surface area contributed by atoms with Crippen LogP contribution < -0.4 is 5.32 Å². The first kappa shape index (κ1) is 15.4. The van der Waals surface area contributed by atoms with Gasteiger partial charge >= 0.3 is 6.18 Å². The average molecular weight is 279 g/mol. The maximum atomic E-state index is 13.0.